The summed E-state index contributed by atoms with van der Waals surface area (Å²) >= 11 is 13.2. The average Bonchev–Trinajstić information content (AvgIpc) is 1.14. The fourth-order valence-corrected chi connectivity index (χ4v) is 10.9. The third-order valence-corrected chi connectivity index (χ3v) is 15.4. The molecular weight excluding hydrogens is 1220 g/mol. The van der Waals surface area contributed by atoms with Gasteiger partial charge in [0.05, 0.1) is 111 Å². The maximum absolute atomic E-state index is 16.9. The molecule has 1 atom stereocenters. The molecule has 4 heterocycles. The Morgan fingerprint density at radius 3 is 1.98 bits per heavy atom. The van der Waals surface area contributed by atoms with Crippen molar-refractivity contribution in [2.45, 2.75) is 32.0 Å². The molecule has 0 aliphatic carbocycles. The van der Waals surface area contributed by atoms with Crippen molar-refractivity contribution in [3.05, 3.63) is 124 Å². The quantitative estimate of drug-likeness (QED) is 0.0148. The molecule has 486 valence electrons. The average molecular weight is 1300 g/mol. The van der Waals surface area contributed by atoms with Gasteiger partial charge >= 0.3 is 6.03 Å². The van der Waals surface area contributed by atoms with E-state index in [1.54, 1.807) is 47.4 Å². The van der Waals surface area contributed by atoms with E-state index < -0.39 is 23.8 Å². The highest BCUT2D eigenvalue weighted by Crippen LogP contribution is 2.42. The number of fused-ring (bicyclic) bond motifs is 3. The third kappa shape index (κ3) is 19.4. The van der Waals surface area contributed by atoms with Gasteiger partial charge in [-0.2, -0.15) is 4.98 Å². The van der Waals surface area contributed by atoms with Gasteiger partial charge in [0.15, 0.2) is 5.82 Å². The van der Waals surface area contributed by atoms with E-state index in [1.165, 1.54) is 17.0 Å². The van der Waals surface area contributed by atoms with E-state index in [0.717, 1.165) is 16.5 Å². The largest absolute Gasteiger partial charge is 0.508 e. The van der Waals surface area contributed by atoms with Gasteiger partial charge in [0.1, 0.15) is 35.5 Å². The van der Waals surface area contributed by atoms with Crippen LogP contribution in [-0.4, -0.2) is 206 Å². The molecule has 91 heavy (non-hydrogen) atoms. The van der Waals surface area contributed by atoms with Crippen molar-refractivity contribution < 1.29 is 76.1 Å². The summed E-state index contributed by atoms with van der Waals surface area (Å²) in [5, 5.41) is 24.0. The van der Waals surface area contributed by atoms with Crippen LogP contribution in [0.15, 0.2) is 91.5 Å². The van der Waals surface area contributed by atoms with Gasteiger partial charge < -0.3 is 78.4 Å². The Balaban J connectivity index is 0.547. The van der Waals surface area contributed by atoms with Crippen molar-refractivity contribution >= 4 is 92.0 Å². The molecule has 6 amide bonds. The summed E-state index contributed by atoms with van der Waals surface area (Å²) in [6.07, 6.45) is 1.74. The number of hydrogen-bond acceptors (Lipinski definition) is 19. The van der Waals surface area contributed by atoms with E-state index in [-0.39, 0.29) is 78.1 Å². The van der Waals surface area contributed by atoms with Crippen molar-refractivity contribution in [3.63, 3.8) is 0 Å². The second kappa shape index (κ2) is 34.6. The first-order valence-electron chi connectivity index (χ1n) is 30.0. The molecule has 2 fully saturated rings. The zero-order valence-corrected chi connectivity index (χ0v) is 51.8. The predicted octanol–water partition coefficient (Wildman–Crippen LogP) is 7.14. The minimum absolute atomic E-state index is 0.0276. The molecule has 27 heteroatoms. The molecule has 2 saturated heterocycles. The summed E-state index contributed by atoms with van der Waals surface area (Å²) in [7, 11) is 0. The zero-order chi connectivity index (χ0) is 63.9. The van der Waals surface area contributed by atoms with Crippen molar-refractivity contribution in [2.75, 3.05) is 161 Å². The van der Waals surface area contributed by atoms with Gasteiger partial charge in [-0.3, -0.25) is 24.5 Å². The van der Waals surface area contributed by atoms with Crippen molar-refractivity contribution in [3.8, 4) is 22.6 Å². The molecule has 0 saturated carbocycles. The lowest BCUT2D eigenvalue weighted by molar-refractivity contribution is -0.137. The van der Waals surface area contributed by atoms with Crippen LogP contribution in [0.1, 0.15) is 34.3 Å². The normalized spacial score (nSPS) is 14.9. The molecule has 0 radical (unpaired) electrons. The third-order valence-electron chi connectivity index (χ3n) is 14.8. The second-order valence-corrected chi connectivity index (χ2v) is 21.9. The van der Waals surface area contributed by atoms with E-state index in [9.17, 15) is 29.1 Å². The monoisotopic (exact) mass is 1300 g/mol. The molecule has 3 aliphatic heterocycles. The summed E-state index contributed by atoms with van der Waals surface area (Å²) in [4.78, 5) is 76.7. The number of phenols is 1. The number of benzene rings is 5. The van der Waals surface area contributed by atoms with Gasteiger partial charge in [-0.15, -0.1) is 0 Å². The Bertz CT molecular complexity index is 3510. The van der Waals surface area contributed by atoms with Gasteiger partial charge in [0, 0.05) is 85.5 Å². The standard InChI is InChI=1S/C64H74Cl2FN9O15/c1-2-56(79)74-12-14-75(15-13-74)60-52-39-53(66)57(51-38-47(77)34-43-5-3-4-6-49(43)51)58(67)59(52)72-63(73-60)68-11-16-83-17-18-84-19-20-85-21-22-86-23-24-87-25-26-88-27-28-89-29-30-90-31-32-91-48-36-45(65)35-46(37-48)70-64(82)69-40-42-7-8-50-44(33-42)41-76(62(50)81)54-9-10-55(78)71-61(54)80/h2-8,33-39,54,77H,1,9-32,40-41H2,(H,68,72,73)(H2,69,70,82)(H,71,78,80). The van der Waals surface area contributed by atoms with Crippen LogP contribution < -0.4 is 30.9 Å². The van der Waals surface area contributed by atoms with Gasteiger partial charge in [-0.25, -0.2) is 14.2 Å². The fraction of sp³-hybridized carbons (Fsp3) is 0.422. The number of piperazine rings is 1. The summed E-state index contributed by atoms with van der Waals surface area (Å²) in [5.74, 6) is -0.824. The van der Waals surface area contributed by atoms with Crippen molar-refractivity contribution in [1.29, 1.82) is 0 Å². The van der Waals surface area contributed by atoms with Gasteiger partial charge in [-0.05, 0) is 76.4 Å². The Kier molecular flexibility index (Phi) is 25.7. The number of halogens is 3. The molecule has 5 N–H and O–H groups in total. The van der Waals surface area contributed by atoms with Crippen LogP contribution in [0, 0.1) is 5.82 Å². The number of piperidine rings is 1. The van der Waals surface area contributed by atoms with Crippen molar-refractivity contribution in [2.24, 2.45) is 0 Å². The predicted molar refractivity (Wildman–Crippen MR) is 338 cm³/mol. The number of ether oxygens (including phenoxy) is 9. The van der Waals surface area contributed by atoms with Crippen LogP contribution >= 0.6 is 23.2 Å². The molecule has 3 aliphatic rings. The topological polar surface area (TPSA) is 272 Å². The molecule has 1 unspecified atom stereocenters. The van der Waals surface area contributed by atoms with Gasteiger partial charge in [-0.1, -0.05) is 66.2 Å². The smallest absolute Gasteiger partial charge is 0.319 e. The highest BCUT2D eigenvalue weighted by molar-refractivity contribution is 6.35. The summed E-state index contributed by atoms with van der Waals surface area (Å²) < 4.78 is 67.6. The minimum atomic E-state index is -0.705. The van der Waals surface area contributed by atoms with E-state index in [2.05, 4.69) is 32.8 Å². The van der Waals surface area contributed by atoms with Crippen LogP contribution in [-0.2, 0) is 65.4 Å². The van der Waals surface area contributed by atoms with Gasteiger partial charge in [0.2, 0.25) is 23.7 Å². The van der Waals surface area contributed by atoms with Gasteiger partial charge in [0.25, 0.3) is 5.91 Å². The molecule has 0 bridgehead atoms. The van der Waals surface area contributed by atoms with E-state index >= 15 is 4.39 Å². The lowest BCUT2D eigenvalue weighted by atomic mass is 9.96. The number of phenolic OH excluding ortho intramolecular Hbond substituents is 1. The number of imide groups is 1. The number of hydrogen-bond donors (Lipinski definition) is 5. The second-order valence-electron chi connectivity index (χ2n) is 21.1. The highest BCUT2D eigenvalue weighted by atomic mass is 35.5. The van der Waals surface area contributed by atoms with Crippen molar-refractivity contribution in [1.82, 2.24) is 30.4 Å². The molecule has 9 rings (SSSR count). The first kappa shape index (κ1) is 67.6. The van der Waals surface area contributed by atoms with Crippen LogP contribution in [0.3, 0.4) is 0 Å². The number of aromatic hydroxyl groups is 1. The van der Waals surface area contributed by atoms with E-state index in [0.29, 0.717) is 183 Å². The maximum Gasteiger partial charge on any atom is 0.319 e. The summed E-state index contributed by atoms with van der Waals surface area (Å²) in [5.41, 5.74) is 3.01. The van der Waals surface area contributed by atoms with Crippen LogP contribution in [0.2, 0.25) is 10.0 Å². The first-order valence-corrected chi connectivity index (χ1v) is 30.8. The number of aromatic nitrogens is 2. The Morgan fingerprint density at radius 2 is 1.34 bits per heavy atom. The Labute approximate surface area is 535 Å². The molecule has 24 nitrogen and oxygen atoms in total. The molecular formula is C64H74Cl2FN9O15. The minimum Gasteiger partial charge on any atom is -0.508 e. The van der Waals surface area contributed by atoms with E-state index in [4.69, 9.17) is 70.8 Å². The number of nitrogens with one attached hydrogen (secondary N) is 4. The van der Waals surface area contributed by atoms with E-state index in [1.807, 2.05) is 35.2 Å². The van der Waals surface area contributed by atoms with Crippen LogP contribution in [0.25, 0.3) is 32.8 Å². The SMILES string of the molecule is C=CC(=O)N1CCN(c2nc(NCCOCCOCCOCCOCCOCCOCCOCCOCCOc3cc(Cl)cc(NC(=O)NCc4ccc5c(c4)CN(C4CCC(=O)NC4=O)C5=O)c3)nc3c(F)c(-c4cc(O)cc5ccccc45)c(Cl)cc23)CC1. The lowest BCUT2D eigenvalue weighted by Crippen LogP contribution is -2.52. The Morgan fingerprint density at radius 1 is 0.714 bits per heavy atom. The lowest BCUT2D eigenvalue weighted by Gasteiger charge is -2.35. The molecule has 1 aromatic heterocycles. The summed E-state index contributed by atoms with van der Waals surface area (Å²) in [6, 6.07) is 21.1. The highest BCUT2D eigenvalue weighted by Gasteiger charge is 2.39. The fourth-order valence-electron chi connectivity index (χ4n) is 10.4. The first-order chi connectivity index (χ1) is 44.3. The number of anilines is 3. The van der Waals surface area contributed by atoms with Crippen LogP contribution in [0.4, 0.5) is 26.6 Å². The van der Waals surface area contributed by atoms with Crippen LogP contribution in [0.5, 0.6) is 11.5 Å². The number of amides is 6. The molecule has 5 aromatic carbocycles. The number of carbonyl (C=O) groups excluding carboxylic acids is 5. The number of nitrogens with zero attached hydrogens (tertiary/aromatic N) is 5. The maximum atomic E-state index is 16.9. The summed E-state index contributed by atoms with van der Waals surface area (Å²) in [6.45, 7) is 12.3. The molecule has 0 spiro atoms. The molecule has 6 aromatic rings. The number of urea groups is 1. The number of carbonyl (C=O) groups is 5. The Hall–Kier alpha value is -7.82. The zero-order valence-electron chi connectivity index (χ0n) is 50.3. The number of rotatable bonds is 36.